The monoisotopic (exact) mass is 599 g/mol. The van der Waals surface area contributed by atoms with E-state index in [4.69, 9.17) is 8.92 Å². The van der Waals surface area contributed by atoms with Crippen LogP contribution in [0.4, 0.5) is 4.39 Å². The first-order valence-corrected chi connectivity index (χ1v) is 16.3. The lowest BCUT2D eigenvalue weighted by atomic mass is 9.89. The minimum atomic E-state index is -3.98. The SMILES string of the molecule is C=CCCCCc1cc(C)ccc1-c1cc(C2CC2)c(F)c([C@H](CC(=O)OCC)NC(=O)[C@@H](CC=C)OS(C)(=O)=O)c1. The molecule has 1 N–H and O–H groups in total. The van der Waals surface area contributed by atoms with Crippen molar-refractivity contribution in [3.63, 3.8) is 0 Å². The predicted molar refractivity (Wildman–Crippen MR) is 163 cm³/mol. The maximum atomic E-state index is 16.2. The van der Waals surface area contributed by atoms with E-state index in [1.807, 2.05) is 31.2 Å². The molecule has 2 aromatic carbocycles. The van der Waals surface area contributed by atoms with Gasteiger partial charge in [0, 0.05) is 12.0 Å². The third-order valence-corrected chi connectivity index (χ3v) is 7.74. The van der Waals surface area contributed by atoms with E-state index in [0.717, 1.165) is 67.0 Å². The summed E-state index contributed by atoms with van der Waals surface area (Å²) in [4.78, 5) is 25.9. The molecule has 3 rings (SSSR count). The van der Waals surface area contributed by atoms with Gasteiger partial charge in [-0.1, -0.05) is 35.9 Å². The van der Waals surface area contributed by atoms with Gasteiger partial charge in [-0.3, -0.25) is 13.8 Å². The molecule has 0 aromatic heterocycles. The predicted octanol–water partition coefficient (Wildman–Crippen LogP) is 6.61. The van der Waals surface area contributed by atoms with E-state index in [1.54, 1.807) is 13.0 Å². The number of nitrogens with one attached hydrogen (secondary N) is 1. The number of aryl methyl sites for hydroxylation is 2. The van der Waals surface area contributed by atoms with E-state index in [0.29, 0.717) is 5.56 Å². The molecule has 7 nitrogen and oxygen atoms in total. The van der Waals surface area contributed by atoms with Crippen molar-refractivity contribution >= 4 is 22.0 Å². The molecule has 2 atom stereocenters. The molecule has 9 heteroatoms. The Morgan fingerprint density at radius 1 is 1.14 bits per heavy atom. The van der Waals surface area contributed by atoms with Crippen LogP contribution < -0.4 is 5.32 Å². The Morgan fingerprint density at radius 3 is 2.50 bits per heavy atom. The highest BCUT2D eigenvalue weighted by Crippen LogP contribution is 2.45. The fourth-order valence-electron chi connectivity index (χ4n) is 5.03. The Bertz CT molecular complexity index is 1400. The van der Waals surface area contributed by atoms with E-state index in [1.165, 1.54) is 6.08 Å². The fourth-order valence-corrected chi connectivity index (χ4v) is 5.62. The van der Waals surface area contributed by atoms with Gasteiger partial charge >= 0.3 is 5.97 Å². The third kappa shape index (κ3) is 9.63. The molecular formula is C33H42FNO6S. The van der Waals surface area contributed by atoms with Gasteiger partial charge in [-0.2, -0.15) is 8.42 Å². The zero-order valence-electron chi connectivity index (χ0n) is 24.8. The maximum absolute atomic E-state index is 16.2. The molecule has 1 fully saturated rings. The second kappa shape index (κ2) is 15.3. The van der Waals surface area contributed by atoms with Gasteiger partial charge in [0.05, 0.1) is 25.3 Å². The number of rotatable bonds is 17. The lowest BCUT2D eigenvalue weighted by Crippen LogP contribution is -2.40. The van der Waals surface area contributed by atoms with Crippen LogP contribution >= 0.6 is 0 Å². The summed E-state index contributed by atoms with van der Waals surface area (Å²) in [5.41, 5.74) is 4.70. The number of unbranched alkanes of at least 4 members (excludes halogenated alkanes) is 2. The van der Waals surface area contributed by atoms with Crippen molar-refractivity contribution < 1.29 is 31.3 Å². The van der Waals surface area contributed by atoms with Gasteiger partial charge in [-0.25, -0.2) is 4.39 Å². The van der Waals surface area contributed by atoms with Crippen LogP contribution in [-0.4, -0.2) is 39.3 Å². The summed E-state index contributed by atoms with van der Waals surface area (Å²) in [5, 5.41) is 2.68. The number of benzene rings is 2. The molecular weight excluding hydrogens is 557 g/mol. The molecule has 0 radical (unpaired) electrons. The molecule has 2 aromatic rings. The number of ether oxygens (including phenoxy) is 1. The Kier molecular flexibility index (Phi) is 12.1. The van der Waals surface area contributed by atoms with Crippen LogP contribution in [0.2, 0.25) is 0 Å². The first-order valence-electron chi connectivity index (χ1n) is 14.5. The van der Waals surface area contributed by atoms with Gasteiger partial charge in [0.25, 0.3) is 16.0 Å². The normalized spacial score (nSPS) is 14.6. The van der Waals surface area contributed by atoms with Crippen molar-refractivity contribution in [1.82, 2.24) is 5.32 Å². The van der Waals surface area contributed by atoms with E-state index in [-0.39, 0.29) is 30.9 Å². The number of carbonyl (C=O) groups excluding carboxylic acids is 2. The number of esters is 1. The van der Waals surface area contributed by atoms with Crippen LogP contribution in [0.25, 0.3) is 11.1 Å². The van der Waals surface area contributed by atoms with Crippen LogP contribution in [0.15, 0.2) is 55.6 Å². The average Bonchev–Trinajstić information content (AvgIpc) is 3.76. The van der Waals surface area contributed by atoms with Gasteiger partial charge in [0.1, 0.15) is 5.82 Å². The highest BCUT2D eigenvalue weighted by molar-refractivity contribution is 7.86. The van der Waals surface area contributed by atoms with Crippen LogP contribution in [0.3, 0.4) is 0 Å². The number of amides is 1. The highest BCUT2D eigenvalue weighted by Gasteiger charge is 2.33. The highest BCUT2D eigenvalue weighted by atomic mass is 32.2. The molecule has 42 heavy (non-hydrogen) atoms. The summed E-state index contributed by atoms with van der Waals surface area (Å²) in [6.07, 6.45) is 7.69. The Labute approximate surface area is 249 Å². The molecule has 0 unspecified atom stereocenters. The quantitative estimate of drug-likeness (QED) is 0.0951. The third-order valence-electron chi connectivity index (χ3n) is 7.15. The lowest BCUT2D eigenvalue weighted by molar-refractivity contribution is -0.144. The van der Waals surface area contributed by atoms with Crippen LogP contribution in [0.5, 0.6) is 0 Å². The second-order valence-electron chi connectivity index (χ2n) is 10.8. The fraction of sp³-hybridized carbons (Fsp3) is 0.455. The van der Waals surface area contributed by atoms with Gasteiger partial charge in [0.2, 0.25) is 0 Å². The van der Waals surface area contributed by atoms with E-state index in [9.17, 15) is 18.0 Å². The molecule has 0 bridgehead atoms. The first-order chi connectivity index (χ1) is 20.0. The molecule has 1 amide bonds. The average molecular weight is 600 g/mol. The number of hydrogen-bond donors (Lipinski definition) is 1. The number of allylic oxidation sites excluding steroid dienone is 1. The summed E-state index contributed by atoms with van der Waals surface area (Å²) >= 11 is 0. The van der Waals surface area contributed by atoms with Crippen molar-refractivity contribution in [2.45, 2.75) is 83.3 Å². The molecule has 0 saturated heterocycles. The van der Waals surface area contributed by atoms with E-state index >= 15 is 4.39 Å². The molecule has 1 aliphatic rings. The van der Waals surface area contributed by atoms with Gasteiger partial charge in [0.15, 0.2) is 6.10 Å². The summed E-state index contributed by atoms with van der Waals surface area (Å²) in [7, 11) is -3.98. The summed E-state index contributed by atoms with van der Waals surface area (Å²) in [6, 6.07) is 8.64. The number of halogens is 1. The summed E-state index contributed by atoms with van der Waals surface area (Å²) in [6.45, 7) is 11.2. The largest absolute Gasteiger partial charge is 0.466 e. The van der Waals surface area contributed by atoms with Crippen molar-refractivity contribution in [2.75, 3.05) is 12.9 Å². The number of carbonyl (C=O) groups is 2. The molecule has 228 valence electrons. The Hall–Kier alpha value is -3.30. The lowest BCUT2D eigenvalue weighted by Gasteiger charge is -2.24. The second-order valence-corrected chi connectivity index (χ2v) is 12.4. The summed E-state index contributed by atoms with van der Waals surface area (Å²) in [5.74, 6) is -1.86. The van der Waals surface area contributed by atoms with Gasteiger partial charge in [-0.05, 0) is 92.7 Å². The maximum Gasteiger partial charge on any atom is 0.308 e. The molecule has 0 spiro atoms. The number of hydrogen-bond acceptors (Lipinski definition) is 6. The van der Waals surface area contributed by atoms with Crippen molar-refractivity contribution in [3.05, 3.63) is 83.7 Å². The smallest absolute Gasteiger partial charge is 0.308 e. The van der Waals surface area contributed by atoms with Crippen LogP contribution in [0.1, 0.15) is 86.1 Å². The van der Waals surface area contributed by atoms with E-state index < -0.39 is 40.0 Å². The van der Waals surface area contributed by atoms with E-state index in [2.05, 4.69) is 24.5 Å². The van der Waals surface area contributed by atoms with Crippen LogP contribution in [0, 0.1) is 12.7 Å². The molecule has 1 aliphatic carbocycles. The Morgan fingerprint density at radius 2 is 1.88 bits per heavy atom. The zero-order chi connectivity index (χ0) is 30.9. The van der Waals surface area contributed by atoms with Gasteiger partial charge in [-0.15, -0.1) is 13.2 Å². The van der Waals surface area contributed by atoms with Crippen molar-refractivity contribution in [3.8, 4) is 11.1 Å². The standard InChI is InChI=1S/C33H42FNO6S/c1-6-9-10-11-13-24-18-22(4)14-17-26(24)25-19-27(23-15-16-23)32(34)28(20-25)29(21-31(36)40-8-3)35-33(37)30(12-7-2)41-42(5,38)39/h6-7,14,17-20,23,29-30H,1-2,8-13,15-16,21H2,3-5H3,(H,35,37)/t29-,30+/m0/s1. The summed E-state index contributed by atoms with van der Waals surface area (Å²) < 4.78 is 50.0. The minimum absolute atomic E-state index is 0.0474. The van der Waals surface area contributed by atoms with Crippen molar-refractivity contribution in [1.29, 1.82) is 0 Å². The molecule has 0 heterocycles. The topological polar surface area (TPSA) is 98.8 Å². The van der Waals surface area contributed by atoms with Gasteiger partial charge < -0.3 is 10.1 Å². The first kappa shape index (κ1) is 33.2. The molecule has 0 aliphatic heterocycles. The molecule has 1 saturated carbocycles. The zero-order valence-corrected chi connectivity index (χ0v) is 25.6. The Balaban J connectivity index is 2.10. The van der Waals surface area contributed by atoms with Crippen molar-refractivity contribution in [2.24, 2.45) is 0 Å². The minimum Gasteiger partial charge on any atom is -0.466 e. The van der Waals surface area contributed by atoms with Crippen LogP contribution in [-0.2, 0) is 35.0 Å².